The summed E-state index contributed by atoms with van der Waals surface area (Å²) >= 11 is 0. The lowest BCUT2D eigenvalue weighted by atomic mass is 10.1. The molecule has 24 heavy (non-hydrogen) atoms. The molecule has 1 aromatic carbocycles. The first-order valence-electron chi connectivity index (χ1n) is 8.35. The zero-order valence-corrected chi connectivity index (χ0v) is 13.8. The first kappa shape index (κ1) is 16.2. The molecule has 1 aliphatic rings. The SMILES string of the molecule is CC[C@H](C(=O)NCc1ccc(-c2ccn[nH]2)cc1)N1CCCC1=O. The molecule has 1 saturated heterocycles. The highest BCUT2D eigenvalue weighted by atomic mass is 16.2. The van der Waals surface area contributed by atoms with Crippen LogP contribution in [0.2, 0.25) is 0 Å². The molecule has 3 rings (SSSR count). The first-order chi connectivity index (χ1) is 11.7. The van der Waals surface area contributed by atoms with Gasteiger partial charge in [0.1, 0.15) is 6.04 Å². The summed E-state index contributed by atoms with van der Waals surface area (Å²) in [5.74, 6) is 0.00584. The van der Waals surface area contributed by atoms with E-state index in [1.54, 1.807) is 11.1 Å². The lowest BCUT2D eigenvalue weighted by molar-refractivity contribution is -0.137. The number of benzene rings is 1. The van der Waals surface area contributed by atoms with Gasteiger partial charge in [0.2, 0.25) is 11.8 Å². The van der Waals surface area contributed by atoms with Crippen molar-refractivity contribution in [1.29, 1.82) is 0 Å². The average molecular weight is 326 g/mol. The van der Waals surface area contributed by atoms with Crippen molar-refractivity contribution in [2.75, 3.05) is 6.54 Å². The minimum atomic E-state index is -0.357. The van der Waals surface area contributed by atoms with Crippen LogP contribution in [0.1, 0.15) is 31.7 Å². The summed E-state index contributed by atoms with van der Waals surface area (Å²) in [4.78, 5) is 26.0. The number of carbonyl (C=O) groups excluding carboxylic acids is 2. The van der Waals surface area contributed by atoms with Gasteiger partial charge in [0, 0.05) is 25.7 Å². The van der Waals surface area contributed by atoms with Gasteiger partial charge in [-0.2, -0.15) is 5.10 Å². The third-order valence-corrected chi connectivity index (χ3v) is 4.41. The number of carbonyl (C=O) groups is 2. The summed E-state index contributed by atoms with van der Waals surface area (Å²) in [6.45, 7) is 3.08. The summed E-state index contributed by atoms with van der Waals surface area (Å²) in [6.07, 6.45) is 3.75. The van der Waals surface area contributed by atoms with E-state index < -0.39 is 0 Å². The number of rotatable bonds is 6. The second kappa shape index (κ2) is 7.29. The predicted molar refractivity (Wildman–Crippen MR) is 90.9 cm³/mol. The largest absolute Gasteiger partial charge is 0.350 e. The van der Waals surface area contributed by atoms with Gasteiger partial charge < -0.3 is 10.2 Å². The molecule has 2 heterocycles. The maximum atomic E-state index is 12.4. The molecule has 1 atom stereocenters. The normalized spacial score (nSPS) is 15.5. The molecule has 0 unspecified atom stereocenters. The lowest BCUT2D eigenvalue weighted by Crippen LogP contribution is -2.46. The molecular weight excluding hydrogens is 304 g/mol. The predicted octanol–water partition coefficient (Wildman–Crippen LogP) is 2.09. The van der Waals surface area contributed by atoms with Crippen LogP contribution in [-0.2, 0) is 16.1 Å². The molecule has 0 aliphatic carbocycles. The van der Waals surface area contributed by atoms with E-state index in [9.17, 15) is 9.59 Å². The van der Waals surface area contributed by atoms with Gasteiger partial charge in [-0.3, -0.25) is 14.7 Å². The highest BCUT2D eigenvalue weighted by Crippen LogP contribution is 2.18. The van der Waals surface area contributed by atoms with Gasteiger partial charge in [0.25, 0.3) is 0 Å². The molecule has 0 bridgehead atoms. The van der Waals surface area contributed by atoms with E-state index >= 15 is 0 Å². The van der Waals surface area contributed by atoms with Crippen LogP contribution < -0.4 is 5.32 Å². The third kappa shape index (κ3) is 3.48. The Labute approximate surface area is 141 Å². The first-order valence-corrected chi connectivity index (χ1v) is 8.35. The molecule has 0 radical (unpaired) electrons. The minimum absolute atomic E-state index is 0.0783. The monoisotopic (exact) mass is 326 g/mol. The maximum Gasteiger partial charge on any atom is 0.243 e. The highest BCUT2D eigenvalue weighted by Gasteiger charge is 2.31. The topological polar surface area (TPSA) is 78.1 Å². The van der Waals surface area contributed by atoms with Gasteiger partial charge >= 0.3 is 0 Å². The molecule has 2 aromatic rings. The lowest BCUT2D eigenvalue weighted by Gasteiger charge is -2.25. The van der Waals surface area contributed by atoms with Crippen LogP contribution in [0.25, 0.3) is 11.3 Å². The molecule has 0 saturated carbocycles. The molecule has 6 nitrogen and oxygen atoms in total. The smallest absolute Gasteiger partial charge is 0.243 e. The number of H-pyrrole nitrogens is 1. The van der Waals surface area contributed by atoms with E-state index in [2.05, 4.69) is 15.5 Å². The summed E-state index contributed by atoms with van der Waals surface area (Å²) in [5, 5.41) is 9.81. The van der Waals surface area contributed by atoms with E-state index in [0.29, 0.717) is 25.9 Å². The standard InChI is InChI=1S/C18H22N4O2/c1-2-16(22-11-3-4-17(22)23)18(24)19-12-13-5-7-14(8-6-13)15-9-10-20-21-15/h5-10,16H,2-4,11-12H2,1H3,(H,19,24)(H,20,21)/t16-/m1/s1. The molecule has 0 spiro atoms. The second-order valence-corrected chi connectivity index (χ2v) is 6.00. The van der Waals surface area contributed by atoms with Gasteiger partial charge in [-0.15, -0.1) is 0 Å². The van der Waals surface area contributed by atoms with Gasteiger partial charge in [-0.1, -0.05) is 31.2 Å². The number of aromatic amines is 1. The fourth-order valence-electron chi connectivity index (χ4n) is 3.07. The van der Waals surface area contributed by atoms with Crippen LogP contribution in [0.15, 0.2) is 36.5 Å². The van der Waals surface area contributed by atoms with Gasteiger partial charge in [-0.05, 0) is 30.0 Å². The third-order valence-electron chi connectivity index (χ3n) is 4.41. The van der Waals surface area contributed by atoms with Crippen LogP contribution >= 0.6 is 0 Å². The summed E-state index contributed by atoms with van der Waals surface area (Å²) < 4.78 is 0. The number of nitrogens with zero attached hydrogens (tertiary/aromatic N) is 2. The van der Waals surface area contributed by atoms with Crippen LogP contribution in [0.5, 0.6) is 0 Å². The van der Waals surface area contributed by atoms with Gasteiger partial charge in [0.05, 0.1) is 5.69 Å². The maximum absolute atomic E-state index is 12.4. The molecular formula is C18H22N4O2. The van der Waals surface area contributed by atoms with Gasteiger partial charge in [0.15, 0.2) is 0 Å². The summed E-state index contributed by atoms with van der Waals surface area (Å²) in [6, 6.07) is 9.52. The van der Waals surface area contributed by atoms with Crippen molar-refractivity contribution in [3.8, 4) is 11.3 Å². The van der Waals surface area contributed by atoms with Crippen molar-refractivity contribution in [3.05, 3.63) is 42.1 Å². The second-order valence-electron chi connectivity index (χ2n) is 6.00. The number of nitrogens with one attached hydrogen (secondary N) is 2. The van der Waals surface area contributed by atoms with Crippen LogP contribution in [0.4, 0.5) is 0 Å². The van der Waals surface area contributed by atoms with Crippen molar-refractivity contribution in [3.63, 3.8) is 0 Å². The van der Waals surface area contributed by atoms with Crippen LogP contribution in [0, 0.1) is 0 Å². The fraction of sp³-hybridized carbons (Fsp3) is 0.389. The van der Waals surface area contributed by atoms with Crippen molar-refractivity contribution < 1.29 is 9.59 Å². The number of hydrogen-bond acceptors (Lipinski definition) is 3. The zero-order chi connectivity index (χ0) is 16.9. The van der Waals surface area contributed by atoms with Crippen molar-refractivity contribution in [2.45, 2.75) is 38.8 Å². The molecule has 6 heteroatoms. The Balaban J connectivity index is 1.58. The Bertz CT molecular complexity index is 694. The Morgan fingerprint density at radius 3 is 2.71 bits per heavy atom. The van der Waals surface area contributed by atoms with E-state index in [-0.39, 0.29) is 17.9 Å². The molecule has 1 aromatic heterocycles. The highest BCUT2D eigenvalue weighted by molar-refractivity contribution is 5.88. The summed E-state index contributed by atoms with van der Waals surface area (Å²) in [5.41, 5.74) is 3.04. The van der Waals surface area contributed by atoms with Crippen LogP contribution in [-0.4, -0.2) is 39.5 Å². The Hall–Kier alpha value is -2.63. The average Bonchev–Trinajstić information content (AvgIpc) is 3.27. The fourth-order valence-corrected chi connectivity index (χ4v) is 3.07. The van der Waals surface area contributed by atoms with E-state index in [0.717, 1.165) is 23.2 Å². The van der Waals surface area contributed by atoms with E-state index in [1.807, 2.05) is 37.3 Å². The Kier molecular flexibility index (Phi) is 4.93. The molecule has 2 amide bonds. The van der Waals surface area contributed by atoms with E-state index in [1.165, 1.54) is 0 Å². The zero-order valence-electron chi connectivity index (χ0n) is 13.8. The number of amides is 2. The van der Waals surface area contributed by atoms with Crippen molar-refractivity contribution in [1.82, 2.24) is 20.4 Å². The number of hydrogen-bond donors (Lipinski definition) is 2. The molecule has 126 valence electrons. The van der Waals surface area contributed by atoms with Crippen molar-refractivity contribution >= 4 is 11.8 Å². The Morgan fingerprint density at radius 2 is 2.12 bits per heavy atom. The van der Waals surface area contributed by atoms with E-state index in [4.69, 9.17) is 0 Å². The van der Waals surface area contributed by atoms with Crippen LogP contribution in [0.3, 0.4) is 0 Å². The molecule has 1 fully saturated rings. The Morgan fingerprint density at radius 1 is 1.33 bits per heavy atom. The van der Waals surface area contributed by atoms with Crippen molar-refractivity contribution in [2.24, 2.45) is 0 Å². The number of likely N-dealkylation sites (tertiary alicyclic amines) is 1. The minimum Gasteiger partial charge on any atom is -0.350 e. The number of aromatic nitrogens is 2. The summed E-state index contributed by atoms with van der Waals surface area (Å²) in [7, 11) is 0. The molecule has 1 aliphatic heterocycles. The quantitative estimate of drug-likeness (QED) is 0.853. The van der Waals surface area contributed by atoms with Gasteiger partial charge in [-0.25, -0.2) is 0 Å². The molecule has 2 N–H and O–H groups in total.